The number of carbonyl (C=O) groups is 4. The number of hydrogen-bond donors (Lipinski definition) is 0. The minimum absolute atomic E-state index is 0.0942. The number of hydrogen-bond acceptors (Lipinski definition) is 5. The third kappa shape index (κ3) is 6.03. The summed E-state index contributed by atoms with van der Waals surface area (Å²) in [6.45, 7) is 6.15. The number of rotatable bonds is 7. The van der Waals surface area contributed by atoms with Gasteiger partial charge in [-0.15, -0.1) is 0 Å². The van der Waals surface area contributed by atoms with E-state index < -0.39 is 23.8 Å². The average molecular weight is 485 g/mol. The van der Waals surface area contributed by atoms with Crippen LogP contribution in [0.3, 0.4) is 0 Å². The van der Waals surface area contributed by atoms with Gasteiger partial charge in [0.1, 0.15) is 6.04 Å². The molecule has 0 radical (unpaired) electrons. The van der Waals surface area contributed by atoms with Gasteiger partial charge in [0, 0.05) is 18.0 Å². The molecule has 1 aliphatic heterocycles. The molecule has 0 aromatic heterocycles. The van der Waals surface area contributed by atoms with Crippen molar-refractivity contribution >= 4 is 41.0 Å². The van der Waals surface area contributed by atoms with Crippen LogP contribution in [-0.2, 0) is 25.5 Å². The minimum atomic E-state index is -0.887. The number of nitrogens with zero attached hydrogens (tertiary/aromatic N) is 2. The van der Waals surface area contributed by atoms with Crippen LogP contribution >= 0.6 is 11.6 Å². The van der Waals surface area contributed by atoms with Crippen molar-refractivity contribution in [3.8, 4) is 0 Å². The van der Waals surface area contributed by atoms with Crippen LogP contribution in [0.15, 0.2) is 48.5 Å². The van der Waals surface area contributed by atoms with E-state index in [1.54, 1.807) is 6.07 Å². The molecule has 0 N–H and O–H groups in total. The fourth-order valence-corrected chi connectivity index (χ4v) is 4.16. The Morgan fingerprint density at radius 3 is 2.38 bits per heavy atom. The second kappa shape index (κ2) is 10.4. The van der Waals surface area contributed by atoms with E-state index in [-0.39, 0.29) is 30.7 Å². The van der Waals surface area contributed by atoms with Gasteiger partial charge in [-0.1, -0.05) is 44.5 Å². The summed E-state index contributed by atoms with van der Waals surface area (Å²) in [4.78, 5) is 53.8. The summed E-state index contributed by atoms with van der Waals surface area (Å²) in [5.41, 5.74) is 1.32. The molecular weight excluding hydrogens is 456 g/mol. The summed E-state index contributed by atoms with van der Waals surface area (Å²) in [7, 11) is 1.28. The zero-order valence-corrected chi connectivity index (χ0v) is 20.6. The lowest BCUT2D eigenvalue weighted by Crippen LogP contribution is -2.47. The highest BCUT2D eigenvalue weighted by Crippen LogP contribution is 2.29. The Morgan fingerprint density at radius 2 is 1.79 bits per heavy atom. The zero-order valence-electron chi connectivity index (χ0n) is 19.8. The molecule has 0 bridgehead atoms. The normalized spacial score (nSPS) is 16.0. The lowest BCUT2D eigenvalue weighted by Gasteiger charge is -2.30. The number of amides is 3. The molecular formula is C26H29ClN2O5. The van der Waals surface area contributed by atoms with Crippen molar-refractivity contribution in [1.82, 2.24) is 4.90 Å². The number of halogens is 1. The van der Waals surface area contributed by atoms with E-state index >= 15 is 0 Å². The van der Waals surface area contributed by atoms with E-state index in [4.69, 9.17) is 16.3 Å². The first-order chi connectivity index (χ1) is 16.0. The van der Waals surface area contributed by atoms with Crippen molar-refractivity contribution < 1.29 is 23.9 Å². The van der Waals surface area contributed by atoms with Gasteiger partial charge in [-0.25, -0.2) is 9.69 Å². The lowest BCUT2D eigenvalue weighted by atomic mass is 9.91. The lowest BCUT2D eigenvalue weighted by molar-refractivity contribution is -0.139. The zero-order chi connectivity index (χ0) is 25.0. The molecule has 0 aliphatic carbocycles. The van der Waals surface area contributed by atoms with Gasteiger partial charge in [-0.3, -0.25) is 14.4 Å². The van der Waals surface area contributed by atoms with Gasteiger partial charge in [-0.2, -0.15) is 0 Å². The molecule has 180 valence electrons. The number of ether oxygens (including phenoxy) is 1. The first-order valence-corrected chi connectivity index (χ1v) is 11.5. The Bertz CT molecular complexity index is 1090. The third-order valence-electron chi connectivity index (χ3n) is 5.58. The van der Waals surface area contributed by atoms with Crippen LogP contribution in [-0.4, -0.2) is 48.3 Å². The molecule has 1 atom stereocenters. The third-order valence-corrected chi connectivity index (χ3v) is 5.81. The number of anilines is 1. The van der Waals surface area contributed by atoms with Crippen molar-refractivity contribution in [2.75, 3.05) is 18.6 Å². The maximum atomic E-state index is 13.4. The Balaban J connectivity index is 1.84. The predicted molar refractivity (Wildman–Crippen MR) is 130 cm³/mol. The van der Waals surface area contributed by atoms with E-state index in [1.807, 2.05) is 39.0 Å². The van der Waals surface area contributed by atoms with Gasteiger partial charge in [0.15, 0.2) is 0 Å². The molecule has 1 saturated heterocycles. The number of benzene rings is 2. The molecule has 3 amide bonds. The number of methoxy groups -OCH3 is 1. The molecule has 3 rings (SSSR count). The van der Waals surface area contributed by atoms with Gasteiger partial charge < -0.3 is 9.64 Å². The first-order valence-electron chi connectivity index (χ1n) is 11.1. The van der Waals surface area contributed by atoms with Gasteiger partial charge in [0.05, 0.1) is 24.8 Å². The minimum Gasteiger partial charge on any atom is -0.465 e. The largest absolute Gasteiger partial charge is 0.465 e. The fourth-order valence-electron chi connectivity index (χ4n) is 3.95. The van der Waals surface area contributed by atoms with E-state index in [2.05, 4.69) is 0 Å². The molecule has 1 heterocycles. The Morgan fingerprint density at radius 1 is 1.12 bits per heavy atom. The summed E-state index contributed by atoms with van der Waals surface area (Å²) in [6, 6.07) is 12.5. The van der Waals surface area contributed by atoms with Crippen LogP contribution in [0, 0.1) is 5.41 Å². The number of imide groups is 1. The Hall–Kier alpha value is -3.19. The maximum Gasteiger partial charge on any atom is 0.337 e. The van der Waals surface area contributed by atoms with Crippen LogP contribution in [0.25, 0.3) is 0 Å². The Labute approximate surface area is 204 Å². The van der Waals surface area contributed by atoms with E-state index in [0.717, 1.165) is 10.5 Å². The quantitative estimate of drug-likeness (QED) is 0.433. The highest BCUT2D eigenvalue weighted by Gasteiger charge is 2.44. The molecule has 2 aromatic rings. The fraction of sp³-hybridized carbons (Fsp3) is 0.385. The van der Waals surface area contributed by atoms with Crippen LogP contribution < -0.4 is 4.90 Å². The average Bonchev–Trinajstić information content (AvgIpc) is 3.06. The van der Waals surface area contributed by atoms with E-state index in [9.17, 15) is 19.2 Å². The van der Waals surface area contributed by atoms with Crippen LogP contribution in [0.5, 0.6) is 0 Å². The van der Waals surface area contributed by atoms with Crippen LogP contribution in [0.2, 0.25) is 5.02 Å². The topological polar surface area (TPSA) is 84.0 Å². The van der Waals surface area contributed by atoms with Crippen LogP contribution in [0.1, 0.15) is 49.5 Å². The smallest absolute Gasteiger partial charge is 0.337 e. The van der Waals surface area contributed by atoms with Gasteiger partial charge >= 0.3 is 5.97 Å². The number of carbonyl (C=O) groups excluding carboxylic acids is 4. The molecule has 1 aliphatic rings. The monoisotopic (exact) mass is 484 g/mol. The second-order valence-corrected chi connectivity index (χ2v) is 9.97. The summed E-state index contributed by atoms with van der Waals surface area (Å²) in [5.74, 6) is -1.53. The highest BCUT2D eigenvalue weighted by molar-refractivity contribution is 6.30. The van der Waals surface area contributed by atoms with Crippen LogP contribution in [0.4, 0.5) is 5.69 Å². The van der Waals surface area contributed by atoms with Crippen molar-refractivity contribution in [2.24, 2.45) is 5.41 Å². The molecule has 2 aromatic carbocycles. The summed E-state index contributed by atoms with van der Waals surface area (Å²) >= 11 is 6.09. The molecule has 1 unspecified atom stereocenters. The second-order valence-electron chi connectivity index (χ2n) is 9.53. The standard InChI is InChI=1S/C26H29ClN2O5/c1-26(2,3)16-23(31)28(13-12-17-6-5-7-19(27)14-17)21-15-22(30)29(24(21)32)20-10-8-18(9-11-20)25(33)34-4/h5-11,14,21H,12-13,15-16H2,1-4H3. The molecule has 1 fully saturated rings. The van der Waals surface area contributed by atoms with Gasteiger partial charge in [-0.05, 0) is 53.8 Å². The predicted octanol–water partition coefficient (Wildman–Crippen LogP) is 4.27. The highest BCUT2D eigenvalue weighted by atomic mass is 35.5. The first kappa shape index (κ1) is 25.4. The molecule has 34 heavy (non-hydrogen) atoms. The van der Waals surface area contributed by atoms with Crippen molar-refractivity contribution in [3.05, 3.63) is 64.7 Å². The summed E-state index contributed by atoms with van der Waals surface area (Å²) < 4.78 is 4.69. The number of esters is 1. The molecule has 7 nitrogen and oxygen atoms in total. The Kier molecular flexibility index (Phi) is 7.77. The van der Waals surface area contributed by atoms with Gasteiger partial charge in [0.2, 0.25) is 11.8 Å². The van der Waals surface area contributed by atoms with E-state index in [1.165, 1.54) is 36.3 Å². The van der Waals surface area contributed by atoms with Crippen molar-refractivity contribution in [1.29, 1.82) is 0 Å². The van der Waals surface area contributed by atoms with Gasteiger partial charge in [0.25, 0.3) is 5.91 Å². The summed E-state index contributed by atoms with van der Waals surface area (Å²) in [5, 5.41) is 0.596. The van der Waals surface area contributed by atoms with E-state index in [0.29, 0.717) is 22.7 Å². The maximum absolute atomic E-state index is 13.4. The van der Waals surface area contributed by atoms with Crippen molar-refractivity contribution in [2.45, 2.75) is 46.1 Å². The molecule has 0 saturated carbocycles. The molecule has 8 heteroatoms. The molecule has 0 spiro atoms. The summed E-state index contributed by atoms with van der Waals surface area (Å²) in [6.07, 6.45) is 0.652. The SMILES string of the molecule is COC(=O)c1ccc(N2C(=O)CC(N(CCc3cccc(Cl)c3)C(=O)CC(C)(C)C)C2=O)cc1. The van der Waals surface area contributed by atoms with Crippen molar-refractivity contribution in [3.63, 3.8) is 0 Å².